The van der Waals surface area contributed by atoms with Crippen LogP contribution >= 0.6 is 16.0 Å². The third kappa shape index (κ3) is 5.59. The molecule has 1 unspecified atom stereocenters. The lowest BCUT2D eigenvalue weighted by Gasteiger charge is -2.30. The van der Waals surface area contributed by atoms with Crippen LogP contribution in [0.15, 0.2) is 0 Å². The molecule has 0 aliphatic heterocycles. The number of aliphatic hydroxyl groups is 1. The van der Waals surface area contributed by atoms with E-state index in [4.69, 9.17) is 19.6 Å². The van der Waals surface area contributed by atoms with Crippen LogP contribution in [0.2, 0.25) is 0 Å². The van der Waals surface area contributed by atoms with E-state index in [-0.39, 0.29) is 13.0 Å². The van der Waals surface area contributed by atoms with Gasteiger partial charge < -0.3 is 29.6 Å². The van der Waals surface area contributed by atoms with Crippen molar-refractivity contribution in [3.63, 3.8) is 0 Å². The average Bonchev–Trinajstić information content (AvgIpc) is 2.24. The Hall–Kier alpha value is 0.420. The van der Waals surface area contributed by atoms with Crippen LogP contribution < -0.4 is 0 Å². The maximum atomic E-state index is 11.1. The molecule has 9 heteroatoms. The highest BCUT2D eigenvalue weighted by Crippen LogP contribution is 2.64. The Balaban J connectivity index is 4.34. The fourth-order valence-electron chi connectivity index (χ4n) is 1.45. The zero-order chi connectivity index (χ0) is 14.4. The van der Waals surface area contributed by atoms with Crippen molar-refractivity contribution in [2.24, 2.45) is 0 Å². The predicted molar refractivity (Wildman–Crippen MR) is 70.0 cm³/mol. The molecule has 110 valence electrons. The summed E-state index contributed by atoms with van der Waals surface area (Å²) in [5, 5.41) is 6.95. The second-order valence-corrected chi connectivity index (χ2v) is 7.87. The summed E-state index contributed by atoms with van der Waals surface area (Å²) in [7, 11) is -6.33. The Morgan fingerprint density at radius 2 is 1.78 bits per heavy atom. The van der Waals surface area contributed by atoms with Gasteiger partial charge in [0.15, 0.2) is 0 Å². The lowest BCUT2D eigenvalue weighted by atomic mass is 10.2. The van der Waals surface area contributed by atoms with Gasteiger partial charge in [-0.25, -0.2) is 0 Å². The number of rotatable bonds is 9. The fraction of sp³-hybridized carbons (Fsp3) is 1.00. The first-order valence-corrected chi connectivity index (χ1v) is 8.65. The van der Waals surface area contributed by atoms with E-state index in [0.29, 0.717) is 0 Å². The van der Waals surface area contributed by atoms with Crippen molar-refractivity contribution in [2.45, 2.75) is 37.7 Å². The standard InChI is InChI=1S/C9H23NO6P2/c1-3-4-5-7-10(2)8-6-9(11,17(12)13)18(14,15)16/h11-13H,3-8H2,1-2H3,(H2,14,15,16). The Morgan fingerprint density at radius 3 is 2.17 bits per heavy atom. The SMILES string of the molecule is CCCCCN(C)CCC(O)(P(O)O)P(=O)(O)O. The van der Waals surface area contributed by atoms with E-state index in [0.717, 1.165) is 25.8 Å². The quantitative estimate of drug-likeness (QED) is 0.312. The predicted octanol–water partition coefficient (Wildman–Crippen LogP) is 0.619. The Bertz CT molecular complexity index is 284. The van der Waals surface area contributed by atoms with Crippen LogP contribution in [0.4, 0.5) is 0 Å². The first-order valence-electron chi connectivity index (χ1n) is 5.79. The molecular formula is C9H23NO6P2. The van der Waals surface area contributed by atoms with Gasteiger partial charge >= 0.3 is 7.60 Å². The van der Waals surface area contributed by atoms with Gasteiger partial charge in [0.05, 0.1) is 0 Å². The minimum Gasteiger partial charge on any atom is -0.370 e. The molecule has 0 saturated heterocycles. The van der Waals surface area contributed by atoms with E-state index in [2.05, 4.69) is 6.92 Å². The Labute approximate surface area is 109 Å². The molecule has 0 amide bonds. The third-order valence-electron chi connectivity index (χ3n) is 2.76. The van der Waals surface area contributed by atoms with Crippen molar-refractivity contribution >= 4 is 16.0 Å². The zero-order valence-corrected chi connectivity index (χ0v) is 12.5. The van der Waals surface area contributed by atoms with Crippen LogP contribution in [0, 0.1) is 0 Å². The minimum atomic E-state index is -4.97. The van der Waals surface area contributed by atoms with E-state index >= 15 is 0 Å². The van der Waals surface area contributed by atoms with Crippen LogP contribution in [0.3, 0.4) is 0 Å². The Morgan fingerprint density at radius 1 is 1.22 bits per heavy atom. The van der Waals surface area contributed by atoms with Gasteiger partial charge in [0.2, 0.25) is 13.5 Å². The molecule has 0 bridgehead atoms. The molecule has 0 aliphatic rings. The largest absolute Gasteiger partial charge is 0.370 e. The van der Waals surface area contributed by atoms with Gasteiger partial charge in [0, 0.05) is 13.0 Å². The molecule has 0 spiro atoms. The fourth-order valence-corrected chi connectivity index (χ4v) is 3.07. The molecule has 0 fully saturated rings. The van der Waals surface area contributed by atoms with Crippen LogP contribution in [0.5, 0.6) is 0 Å². The van der Waals surface area contributed by atoms with Gasteiger partial charge in [-0.05, 0) is 20.0 Å². The molecule has 7 nitrogen and oxygen atoms in total. The second-order valence-electron chi connectivity index (χ2n) is 4.37. The molecule has 0 saturated carbocycles. The summed E-state index contributed by atoms with van der Waals surface area (Å²) < 4.78 is 11.1. The van der Waals surface area contributed by atoms with Gasteiger partial charge in [-0.2, -0.15) is 0 Å². The number of unbranched alkanes of at least 4 members (excludes halogenated alkanes) is 2. The second kappa shape index (κ2) is 7.88. The number of hydrogen-bond acceptors (Lipinski definition) is 5. The third-order valence-corrected chi connectivity index (χ3v) is 6.10. The lowest BCUT2D eigenvalue weighted by molar-refractivity contribution is 0.126. The van der Waals surface area contributed by atoms with Gasteiger partial charge in [-0.15, -0.1) is 0 Å². The lowest BCUT2D eigenvalue weighted by Crippen LogP contribution is -2.32. The van der Waals surface area contributed by atoms with Gasteiger partial charge in [-0.3, -0.25) is 4.57 Å². The molecule has 0 aromatic carbocycles. The van der Waals surface area contributed by atoms with Crippen molar-refractivity contribution in [3.05, 3.63) is 0 Å². The van der Waals surface area contributed by atoms with Gasteiger partial charge in [0.25, 0.3) is 0 Å². The average molecular weight is 303 g/mol. The van der Waals surface area contributed by atoms with Crippen LogP contribution in [0.1, 0.15) is 32.6 Å². The summed E-state index contributed by atoms with van der Waals surface area (Å²) in [6.07, 6.45) is 2.70. The molecule has 0 aromatic rings. The molecule has 5 N–H and O–H groups in total. The van der Waals surface area contributed by atoms with E-state index in [1.165, 1.54) is 0 Å². The maximum Gasteiger partial charge on any atom is 0.366 e. The number of hydrogen-bond donors (Lipinski definition) is 5. The molecule has 0 aromatic heterocycles. The topological polar surface area (TPSA) is 121 Å². The number of nitrogens with zero attached hydrogens (tertiary/aromatic N) is 1. The monoisotopic (exact) mass is 303 g/mol. The van der Waals surface area contributed by atoms with Crippen molar-refractivity contribution in [2.75, 3.05) is 20.1 Å². The summed E-state index contributed by atoms with van der Waals surface area (Å²) in [6.45, 7) is 2.99. The molecule has 1 atom stereocenters. The molecule has 0 aliphatic carbocycles. The minimum absolute atomic E-state index is 0.186. The summed E-state index contributed by atoms with van der Waals surface area (Å²) in [4.78, 5) is 37.7. The highest BCUT2D eigenvalue weighted by Gasteiger charge is 2.51. The first kappa shape index (κ1) is 18.4. The van der Waals surface area contributed by atoms with Crippen molar-refractivity contribution in [1.29, 1.82) is 0 Å². The summed E-state index contributed by atoms with van der Waals surface area (Å²) in [5.41, 5.74) is 0. The summed E-state index contributed by atoms with van der Waals surface area (Å²) in [5.74, 6) is 0. The molecule has 0 heterocycles. The van der Waals surface area contributed by atoms with E-state index < -0.39 is 21.1 Å². The normalized spacial score (nSPS) is 16.3. The van der Waals surface area contributed by atoms with Crippen molar-refractivity contribution in [3.8, 4) is 0 Å². The van der Waals surface area contributed by atoms with Crippen LogP contribution in [0.25, 0.3) is 0 Å². The molecule has 18 heavy (non-hydrogen) atoms. The van der Waals surface area contributed by atoms with E-state index in [1.54, 1.807) is 11.9 Å². The first-order chi connectivity index (χ1) is 8.15. The van der Waals surface area contributed by atoms with Crippen LogP contribution in [-0.2, 0) is 4.57 Å². The van der Waals surface area contributed by atoms with Crippen molar-refractivity contribution < 1.29 is 29.2 Å². The van der Waals surface area contributed by atoms with Gasteiger partial charge in [0.1, 0.15) is 0 Å². The maximum absolute atomic E-state index is 11.1. The highest BCUT2D eigenvalue weighted by molar-refractivity contribution is 7.69. The summed E-state index contributed by atoms with van der Waals surface area (Å²) in [6, 6.07) is 0. The van der Waals surface area contributed by atoms with Gasteiger partial charge in [-0.1, -0.05) is 19.8 Å². The molecule has 0 radical (unpaired) electrons. The van der Waals surface area contributed by atoms with E-state index in [9.17, 15) is 9.67 Å². The summed E-state index contributed by atoms with van der Waals surface area (Å²) >= 11 is 0. The molecule has 0 rings (SSSR count). The molecular weight excluding hydrogens is 280 g/mol. The van der Waals surface area contributed by atoms with E-state index in [1.807, 2.05) is 0 Å². The van der Waals surface area contributed by atoms with Crippen LogP contribution in [-0.4, -0.2) is 54.8 Å². The highest BCUT2D eigenvalue weighted by atomic mass is 31.2. The Kier molecular flexibility index (Phi) is 8.06. The van der Waals surface area contributed by atoms with Crippen molar-refractivity contribution in [1.82, 2.24) is 4.90 Å². The smallest absolute Gasteiger partial charge is 0.366 e. The zero-order valence-electron chi connectivity index (χ0n) is 10.7.